The van der Waals surface area contributed by atoms with Crippen LogP contribution in [0.25, 0.3) is 0 Å². The lowest BCUT2D eigenvalue weighted by atomic mass is 9.79. The van der Waals surface area contributed by atoms with E-state index in [1.165, 1.54) is 29.9 Å². The van der Waals surface area contributed by atoms with Gasteiger partial charge in [0.25, 0.3) is 5.56 Å². The van der Waals surface area contributed by atoms with Gasteiger partial charge in [-0.3, -0.25) is 4.79 Å². The third-order valence-electron chi connectivity index (χ3n) is 5.08. The van der Waals surface area contributed by atoms with Crippen LogP contribution in [0.5, 0.6) is 0 Å². The molecule has 2 aromatic rings. The second kappa shape index (κ2) is 9.37. The molecule has 1 aliphatic rings. The van der Waals surface area contributed by atoms with Crippen molar-refractivity contribution in [2.75, 3.05) is 19.0 Å². The summed E-state index contributed by atoms with van der Waals surface area (Å²) in [5.74, 6) is 0.673. The van der Waals surface area contributed by atoms with Crippen molar-refractivity contribution in [1.82, 2.24) is 9.88 Å². The number of hydrogen-bond acceptors (Lipinski definition) is 3. The lowest BCUT2D eigenvalue weighted by molar-refractivity contribution is 0.186. The highest BCUT2D eigenvalue weighted by molar-refractivity contribution is 5.89. The SMILES string of the molecule is COCCn1cc(NC(=O)NC(CC2CCC2)c2ccccc2)ccc1=O. The van der Waals surface area contributed by atoms with Crippen LogP contribution in [0.2, 0.25) is 0 Å². The molecule has 6 heteroatoms. The molecule has 2 N–H and O–H groups in total. The van der Waals surface area contributed by atoms with Gasteiger partial charge in [-0.05, 0) is 24.0 Å². The first-order chi connectivity index (χ1) is 13.2. The highest BCUT2D eigenvalue weighted by Gasteiger charge is 2.24. The summed E-state index contributed by atoms with van der Waals surface area (Å²) in [5, 5.41) is 5.94. The van der Waals surface area contributed by atoms with Crippen molar-refractivity contribution >= 4 is 11.7 Å². The van der Waals surface area contributed by atoms with Crippen molar-refractivity contribution in [3.63, 3.8) is 0 Å². The zero-order valence-electron chi connectivity index (χ0n) is 15.7. The van der Waals surface area contributed by atoms with E-state index in [4.69, 9.17) is 4.74 Å². The molecule has 1 fully saturated rings. The van der Waals surface area contributed by atoms with Crippen molar-refractivity contribution in [1.29, 1.82) is 0 Å². The fraction of sp³-hybridized carbons (Fsp3) is 0.429. The summed E-state index contributed by atoms with van der Waals surface area (Å²) in [7, 11) is 1.59. The minimum atomic E-state index is -0.264. The normalized spacial score (nSPS) is 15.0. The lowest BCUT2D eigenvalue weighted by Gasteiger charge is -2.30. The Labute approximate surface area is 159 Å². The molecule has 1 aliphatic carbocycles. The van der Waals surface area contributed by atoms with Gasteiger partial charge in [-0.2, -0.15) is 0 Å². The predicted octanol–water partition coefficient (Wildman–Crippen LogP) is 3.55. The van der Waals surface area contributed by atoms with E-state index in [2.05, 4.69) is 22.8 Å². The number of amides is 2. The topological polar surface area (TPSA) is 72.4 Å². The molecule has 0 radical (unpaired) electrons. The van der Waals surface area contributed by atoms with Crippen LogP contribution >= 0.6 is 0 Å². The van der Waals surface area contributed by atoms with Crippen LogP contribution in [0.15, 0.2) is 53.5 Å². The molecule has 6 nitrogen and oxygen atoms in total. The van der Waals surface area contributed by atoms with Gasteiger partial charge < -0.3 is 19.9 Å². The number of nitrogens with one attached hydrogen (secondary N) is 2. The summed E-state index contributed by atoms with van der Waals surface area (Å²) in [6.07, 6.45) is 6.34. The van der Waals surface area contributed by atoms with Crippen LogP contribution in [-0.2, 0) is 11.3 Å². The van der Waals surface area contributed by atoms with E-state index >= 15 is 0 Å². The minimum Gasteiger partial charge on any atom is -0.383 e. The maximum atomic E-state index is 12.6. The first-order valence-corrected chi connectivity index (χ1v) is 9.47. The maximum Gasteiger partial charge on any atom is 0.319 e. The smallest absolute Gasteiger partial charge is 0.319 e. The Bertz CT molecular complexity index is 800. The third kappa shape index (κ3) is 5.44. The number of aromatic nitrogens is 1. The number of methoxy groups -OCH3 is 1. The summed E-state index contributed by atoms with van der Waals surface area (Å²) >= 11 is 0. The fourth-order valence-electron chi connectivity index (χ4n) is 3.32. The summed E-state index contributed by atoms with van der Waals surface area (Å²) in [6.45, 7) is 0.883. The van der Waals surface area contributed by atoms with Crippen LogP contribution in [0.1, 0.15) is 37.3 Å². The molecule has 1 atom stereocenters. The lowest BCUT2D eigenvalue weighted by Crippen LogP contribution is -2.35. The predicted molar refractivity (Wildman–Crippen MR) is 106 cm³/mol. The van der Waals surface area contributed by atoms with Crippen LogP contribution in [0.3, 0.4) is 0 Å². The van der Waals surface area contributed by atoms with E-state index in [-0.39, 0.29) is 17.6 Å². The number of anilines is 1. The first kappa shape index (κ1) is 19.2. The summed E-state index contributed by atoms with van der Waals surface area (Å²) in [6, 6.07) is 12.9. The average molecular weight is 369 g/mol. The van der Waals surface area contributed by atoms with Crippen LogP contribution in [0, 0.1) is 5.92 Å². The van der Waals surface area contributed by atoms with Crippen LogP contribution < -0.4 is 16.2 Å². The van der Waals surface area contributed by atoms with Gasteiger partial charge in [0.15, 0.2) is 0 Å². The summed E-state index contributed by atoms with van der Waals surface area (Å²) < 4.78 is 6.55. The molecule has 0 aliphatic heterocycles. The minimum absolute atomic E-state index is 0.0177. The second-order valence-electron chi connectivity index (χ2n) is 7.04. The first-order valence-electron chi connectivity index (χ1n) is 9.47. The van der Waals surface area contributed by atoms with Gasteiger partial charge >= 0.3 is 6.03 Å². The highest BCUT2D eigenvalue weighted by Crippen LogP contribution is 2.34. The summed E-state index contributed by atoms with van der Waals surface area (Å²) in [5.41, 5.74) is 1.58. The molecule has 1 heterocycles. The van der Waals surface area contributed by atoms with Crippen LogP contribution in [0.4, 0.5) is 10.5 Å². The molecule has 27 heavy (non-hydrogen) atoms. The quantitative estimate of drug-likeness (QED) is 0.747. The number of ether oxygens (including phenoxy) is 1. The largest absolute Gasteiger partial charge is 0.383 e. The molecule has 1 saturated carbocycles. The fourth-order valence-corrected chi connectivity index (χ4v) is 3.32. The number of rotatable bonds is 8. The zero-order valence-corrected chi connectivity index (χ0v) is 15.7. The number of hydrogen-bond donors (Lipinski definition) is 2. The standard InChI is InChI=1S/C21H27N3O3/c1-27-13-12-24-15-18(10-11-20(24)25)22-21(26)23-19(14-16-6-5-7-16)17-8-3-2-4-9-17/h2-4,8-11,15-16,19H,5-7,12-14H2,1H3,(H2,22,23,26). The van der Waals surface area contributed by atoms with E-state index in [1.807, 2.05) is 18.2 Å². The molecule has 144 valence electrons. The Hall–Kier alpha value is -2.60. The molecular weight excluding hydrogens is 342 g/mol. The molecular formula is C21H27N3O3. The molecule has 0 saturated heterocycles. The summed E-state index contributed by atoms with van der Waals surface area (Å²) in [4.78, 5) is 24.4. The number of carbonyl (C=O) groups is 1. The van der Waals surface area contributed by atoms with E-state index in [0.717, 1.165) is 12.0 Å². The Balaban J connectivity index is 1.66. The Morgan fingerprint density at radius 3 is 2.67 bits per heavy atom. The van der Waals surface area contributed by atoms with Gasteiger partial charge in [0, 0.05) is 25.9 Å². The monoisotopic (exact) mass is 369 g/mol. The van der Waals surface area contributed by atoms with E-state index < -0.39 is 0 Å². The van der Waals surface area contributed by atoms with E-state index in [0.29, 0.717) is 24.8 Å². The van der Waals surface area contributed by atoms with Crippen molar-refractivity contribution in [2.24, 2.45) is 5.92 Å². The molecule has 0 spiro atoms. The number of urea groups is 1. The molecule has 1 aromatic carbocycles. The highest BCUT2D eigenvalue weighted by atomic mass is 16.5. The molecule has 1 aromatic heterocycles. The van der Waals surface area contributed by atoms with Gasteiger partial charge in [-0.15, -0.1) is 0 Å². The van der Waals surface area contributed by atoms with Gasteiger partial charge in [-0.1, -0.05) is 49.6 Å². The Kier molecular flexibility index (Phi) is 6.65. The molecule has 1 unspecified atom stereocenters. The Morgan fingerprint density at radius 1 is 1.22 bits per heavy atom. The van der Waals surface area contributed by atoms with E-state index in [9.17, 15) is 9.59 Å². The number of benzene rings is 1. The zero-order chi connectivity index (χ0) is 19.1. The molecule has 0 bridgehead atoms. The van der Waals surface area contributed by atoms with Gasteiger partial charge in [0.2, 0.25) is 0 Å². The van der Waals surface area contributed by atoms with Crippen LogP contribution in [-0.4, -0.2) is 24.3 Å². The molecule has 3 rings (SSSR count). The van der Waals surface area contributed by atoms with Crippen molar-refractivity contribution < 1.29 is 9.53 Å². The number of nitrogens with zero attached hydrogens (tertiary/aromatic N) is 1. The number of pyridine rings is 1. The van der Waals surface area contributed by atoms with Gasteiger partial charge in [0.1, 0.15) is 0 Å². The van der Waals surface area contributed by atoms with Crippen molar-refractivity contribution in [2.45, 2.75) is 38.3 Å². The van der Waals surface area contributed by atoms with Crippen molar-refractivity contribution in [3.8, 4) is 0 Å². The van der Waals surface area contributed by atoms with E-state index in [1.54, 1.807) is 19.4 Å². The van der Waals surface area contributed by atoms with Crippen molar-refractivity contribution in [3.05, 3.63) is 64.6 Å². The van der Waals surface area contributed by atoms with Gasteiger partial charge in [0.05, 0.1) is 18.3 Å². The number of carbonyl (C=O) groups excluding carboxylic acids is 1. The maximum absolute atomic E-state index is 12.6. The molecule has 2 amide bonds. The average Bonchev–Trinajstić information content (AvgIpc) is 2.64. The Morgan fingerprint density at radius 2 is 2.00 bits per heavy atom. The third-order valence-corrected chi connectivity index (χ3v) is 5.08. The second-order valence-corrected chi connectivity index (χ2v) is 7.04. The van der Waals surface area contributed by atoms with Gasteiger partial charge in [-0.25, -0.2) is 4.79 Å².